The number of carbonyl (C=O) groups excluding carboxylic acids is 1. The Hall–Kier alpha value is -2.91. The average molecular weight is 297 g/mol. The molecule has 0 atom stereocenters. The van der Waals surface area contributed by atoms with Gasteiger partial charge in [-0.05, 0) is 24.3 Å². The Balaban J connectivity index is 1.98. The molecule has 0 aliphatic carbocycles. The Morgan fingerprint density at radius 1 is 1.32 bits per heavy atom. The lowest BCUT2D eigenvalue weighted by Gasteiger charge is -2.07. The first kappa shape index (κ1) is 15.5. The summed E-state index contributed by atoms with van der Waals surface area (Å²) in [6.07, 6.45) is 1.51. The molecule has 0 saturated heterocycles. The lowest BCUT2D eigenvalue weighted by atomic mass is 10.1. The summed E-state index contributed by atoms with van der Waals surface area (Å²) in [6.45, 7) is 0.894. The molecular weight excluding hydrogens is 282 g/mol. The number of hydrogen-bond acceptors (Lipinski definition) is 5. The molecule has 6 heteroatoms. The van der Waals surface area contributed by atoms with Gasteiger partial charge in [0.1, 0.15) is 6.61 Å². The predicted molar refractivity (Wildman–Crippen MR) is 80.7 cm³/mol. The minimum absolute atomic E-state index is 0.299. The number of hydrogen-bond donors (Lipinski definition) is 1. The summed E-state index contributed by atoms with van der Waals surface area (Å²) in [5.41, 5.74) is 1.40. The maximum atomic E-state index is 12.1. The number of ether oxygens (including phenoxy) is 2. The first-order valence-electron chi connectivity index (χ1n) is 6.62. The standard InChI is InChI=1S/C16H15N3O3/c1-21-7-8-22-15-6-5-14(11-18-15)19-16(20)13-4-2-3-12(9-13)10-17/h2-6,9,11H,7-8H2,1H3,(H,19,20). The number of carbonyl (C=O) groups is 1. The van der Waals surface area contributed by atoms with Gasteiger partial charge in [-0.1, -0.05) is 6.07 Å². The first-order chi connectivity index (χ1) is 10.7. The van der Waals surface area contributed by atoms with Crippen molar-refractivity contribution in [1.82, 2.24) is 4.98 Å². The van der Waals surface area contributed by atoms with E-state index < -0.39 is 0 Å². The lowest BCUT2D eigenvalue weighted by molar-refractivity contribution is 0.102. The van der Waals surface area contributed by atoms with E-state index in [1.54, 1.807) is 37.4 Å². The van der Waals surface area contributed by atoms with Gasteiger partial charge in [0.25, 0.3) is 5.91 Å². The third-order valence-electron chi connectivity index (χ3n) is 2.79. The number of anilines is 1. The number of nitrogens with one attached hydrogen (secondary N) is 1. The smallest absolute Gasteiger partial charge is 0.255 e. The summed E-state index contributed by atoms with van der Waals surface area (Å²) in [4.78, 5) is 16.2. The van der Waals surface area contributed by atoms with E-state index in [9.17, 15) is 4.79 Å². The van der Waals surface area contributed by atoms with Crippen LogP contribution >= 0.6 is 0 Å². The van der Waals surface area contributed by atoms with Crippen molar-refractivity contribution in [3.8, 4) is 11.9 Å². The summed E-state index contributed by atoms with van der Waals surface area (Å²) in [7, 11) is 1.59. The number of benzene rings is 1. The summed E-state index contributed by atoms with van der Waals surface area (Å²) in [5.74, 6) is 0.161. The minimum atomic E-state index is -0.299. The molecule has 22 heavy (non-hydrogen) atoms. The normalized spacial score (nSPS) is 9.82. The van der Waals surface area contributed by atoms with Crippen LogP contribution in [0, 0.1) is 11.3 Å². The molecule has 2 rings (SSSR count). The minimum Gasteiger partial charge on any atom is -0.475 e. The molecular formula is C16H15N3O3. The maximum Gasteiger partial charge on any atom is 0.255 e. The van der Waals surface area contributed by atoms with Crippen LogP contribution in [-0.4, -0.2) is 31.2 Å². The molecule has 0 aliphatic rings. The number of rotatable bonds is 6. The van der Waals surface area contributed by atoms with Crippen molar-refractivity contribution in [3.63, 3.8) is 0 Å². The van der Waals surface area contributed by atoms with E-state index in [2.05, 4.69) is 10.3 Å². The van der Waals surface area contributed by atoms with Crippen LogP contribution in [0.2, 0.25) is 0 Å². The van der Waals surface area contributed by atoms with Crippen molar-refractivity contribution in [3.05, 3.63) is 53.7 Å². The highest BCUT2D eigenvalue weighted by Gasteiger charge is 2.07. The number of amides is 1. The van der Waals surface area contributed by atoms with Crippen LogP contribution in [0.5, 0.6) is 5.88 Å². The molecule has 0 fully saturated rings. The monoisotopic (exact) mass is 297 g/mol. The molecule has 0 saturated carbocycles. The van der Waals surface area contributed by atoms with Gasteiger partial charge in [0.05, 0.1) is 30.1 Å². The second-order valence-corrected chi connectivity index (χ2v) is 4.37. The summed E-state index contributed by atoms with van der Waals surface area (Å²) in [6, 6.07) is 11.8. The molecule has 6 nitrogen and oxygen atoms in total. The third kappa shape index (κ3) is 4.30. The summed E-state index contributed by atoms with van der Waals surface area (Å²) >= 11 is 0. The largest absolute Gasteiger partial charge is 0.475 e. The van der Waals surface area contributed by atoms with Crippen molar-refractivity contribution in [2.24, 2.45) is 0 Å². The van der Waals surface area contributed by atoms with Crippen LogP contribution in [0.3, 0.4) is 0 Å². The van der Waals surface area contributed by atoms with Crippen molar-refractivity contribution in [1.29, 1.82) is 5.26 Å². The van der Waals surface area contributed by atoms with Crippen LogP contribution in [0.1, 0.15) is 15.9 Å². The van der Waals surface area contributed by atoms with E-state index >= 15 is 0 Å². The van der Waals surface area contributed by atoms with E-state index in [1.807, 2.05) is 6.07 Å². The van der Waals surface area contributed by atoms with Gasteiger partial charge in [0.2, 0.25) is 5.88 Å². The molecule has 1 heterocycles. The van der Waals surface area contributed by atoms with Gasteiger partial charge in [-0.3, -0.25) is 4.79 Å². The fourth-order valence-electron chi connectivity index (χ4n) is 1.70. The Kier molecular flexibility index (Phi) is 5.46. The van der Waals surface area contributed by atoms with E-state index in [1.165, 1.54) is 12.3 Å². The number of aromatic nitrogens is 1. The highest BCUT2D eigenvalue weighted by atomic mass is 16.5. The number of nitriles is 1. The van der Waals surface area contributed by atoms with Crippen molar-refractivity contribution in [2.75, 3.05) is 25.6 Å². The molecule has 0 aliphatic heterocycles. The van der Waals surface area contributed by atoms with E-state index in [-0.39, 0.29) is 5.91 Å². The van der Waals surface area contributed by atoms with E-state index in [0.717, 1.165) is 0 Å². The topological polar surface area (TPSA) is 84.2 Å². The van der Waals surface area contributed by atoms with Gasteiger partial charge < -0.3 is 14.8 Å². The third-order valence-corrected chi connectivity index (χ3v) is 2.79. The van der Waals surface area contributed by atoms with Crippen molar-refractivity contribution >= 4 is 11.6 Å². The Morgan fingerprint density at radius 2 is 2.18 bits per heavy atom. The SMILES string of the molecule is COCCOc1ccc(NC(=O)c2cccc(C#N)c2)cn1. The molecule has 0 spiro atoms. The van der Waals surface area contributed by atoms with Crippen LogP contribution < -0.4 is 10.1 Å². The predicted octanol–water partition coefficient (Wildman–Crippen LogP) is 2.23. The number of methoxy groups -OCH3 is 1. The van der Waals surface area contributed by atoms with Gasteiger partial charge in [-0.15, -0.1) is 0 Å². The molecule has 0 unspecified atom stereocenters. The van der Waals surface area contributed by atoms with E-state index in [0.29, 0.717) is 35.9 Å². The molecule has 0 bridgehead atoms. The zero-order chi connectivity index (χ0) is 15.8. The highest BCUT2D eigenvalue weighted by molar-refractivity contribution is 6.04. The zero-order valence-corrected chi connectivity index (χ0v) is 12.1. The van der Waals surface area contributed by atoms with Gasteiger partial charge in [-0.25, -0.2) is 4.98 Å². The van der Waals surface area contributed by atoms with Gasteiger partial charge in [0, 0.05) is 18.7 Å². The second kappa shape index (κ2) is 7.76. The van der Waals surface area contributed by atoms with E-state index in [4.69, 9.17) is 14.7 Å². The molecule has 2 aromatic rings. The van der Waals surface area contributed by atoms with Crippen molar-refractivity contribution < 1.29 is 14.3 Å². The quantitative estimate of drug-likeness (QED) is 0.826. The molecule has 1 aromatic carbocycles. The molecule has 0 radical (unpaired) electrons. The highest BCUT2D eigenvalue weighted by Crippen LogP contribution is 2.13. The van der Waals surface area contributed by atoms with Crippen LogP contribution in [0.15, 0.2) is 42.6 Å². The fraction of sp³-hybridized carbons (Fsp3) is 0.188. The molecule has 1 N–H and O–H groups in total. The zero-order valence-electron chi connectivity index (χ0n) is 12.1. The maximum absolute atomic E-state index is 12.1. The number of pyridine rings is 1. The van der Waals surface area contributed by atoms with Gasteiger partial charge >= 0.3 is 0 Å². The first-order valence-corrected chi connectivity index (χ1v) is 6.62. The Morgan fingerprint density at radius 3 is 2.86 bits per heavy atom. The fourth-order valence-corrected chi connectivity index (χ4v) is 1.70. The summed E-state index contributed by atoms with van der Waals surface area (Å²) < 4.78 is 10.2. The van der Waals surface area contributed by atoms with Crippen LogP contribution in [0.4, 0.5) is 5.69 Å². The Labute approximate surface area is 128 Å². The molecule has 1 amide bonds. The van der Waals surface area contributed by atoms with Gasteiger partial charge in [-0.2, -0.15) is 5.26 Å². The Bertz CT molecular complexity index is 678. The van der Waals surface area contributed by atoms with Gasteiger partial charge in [0.15, 0.2) is 0 Å². The second-order valence-electron chi connectivity index (χ2n) is 4.37. The summed E-state index contributed by atoms with van der Waals surface area (Å²) in [5, 5.41) is 11.6. The molecule has 112 valence electrons. The lowest BCUT2D eigenvalue weighted by Crippen LogP contribution is -2.12. The number of nitrogens with zero attached hydrogens (tertiary/aromatic N) is 2. The average Bonchev–Trinajstić information content (AvgIpc) is 2.56. The van der Waals surface area contributed by atoms with Crippen LogP contribution in [-0.2, 0) is 4.74 Å². The van der Waals surface area contributed by atoms with Crippen LogP contribution in [0.25, 0.3) is 0 Å². The van der Waals surface area contributed by atoms with Crippen molar-refractivity contribution in [2.45, 2.75) is 0 Å². The molecule has 1 aromatic heterocycles.